The smallest absolute Gasteiger partial charge is 0.144 e. The quantitative estimate of drug-likeness (QED) is 0.738. The molecule has 0 aromatic heterocycles. The zero-order valence-corrected chi connectivity index (χ0v) is 15.5. The summed E-state index contributed by atoms with van der Waals surface area (Å²) in [6.07, 6.45) is 3.52. The van der Waals surface area contributed by atoms with Crippen LogP contribution in [0.15, 0.2) is 36.4 Å². The zero-order chi connectivity index (χ0) is 18.3. The molecule has 4 rings (SSSR count). The first-order valence-corrected chi connectivity index (χ1v) is 9.52. The third-order valence-corrected chi connectivity index (χ3v) is 5.98. The van der Waals surface area contributed by atoms with Gasteiger partial charge in [-0.25, -0.2) is 4.39 Å². The summed E-state index contributed by atoms with van der Waals surface area (Å²) in [5.41, 5.74) is 1.87. The Hall–Kier alpha value is -1.78. The van der Waals surface area contributed by atoms with Crippen LogP contribution in [-0.4, -0.2) is 16.7 Å². The number of aliphatic hydroxyl groups excluding tert-OH is 1. The molecule has 1 aliphatic carbocycles. The van der Waals surface area contributed by atoms with E-state index in [1.54, 1.807) is 25.1 Å². The van der Waals surface area contributed by atoms with Gasteiger partial charge in [-0.1, -0.05) is 29.8 Å². The van der Waals surface area contributed by atoms with Crippen LogP contribution in [0.5, 0.6) is 5.75 Å². The molecule has 1 aliphatic heterocycles. The van der Waals surface area contributed by atoms with Gasteiger partial charge in [-0.3, -0.25) is 0 Å². The molecule has 1 heterocycles. The number of fused-ring (bicyclic) bond motifs is 1. The minimum Gasteiger partial charge on any atom is -0.485 e. The van der Waals surface area contributed by atoms with Gasteiger partial charge in [0.15, 0.2) is 0 Å². The van der Waals surface area contributed by atoms with Crippen molar-refractivity contribution in [3.63, 3.8) is 0 Å². The van der Waals surface area contributed by atoms with Gasteiger partial charge in [-0.05, 0) is 56.4 Å². The molecule has 1 spiro atoms. The van der Waals surface area contributed by atoms with E-state index in [0.717, 1.165) is 36.9 Å². The molecule has 138 valence electrons. The van der Waals surface area contributed by atoms with Gasteiger partial charge in [0.2, 0.25) is 0 Å². The monoisotopic (exact) mass is 375 g/mol. The van der Waals surface area contributed by atoms with E-state index in [1.807, 2.05) is 18.2 Å². The number of para-hydroxylation sites is 1. The molecule has 2 aliphatic rings. The topological polar surface area (TPSA) is 41.5 Å². The summed E-state index contributed by atoms with van der Waals surface area (Å²) in [5.74, 6) is 0.437. The van der Waals surface area contributed by atoms with Crippen molar-refractivity contribution in [2.75, 3.05) is 5.32 Å². The molecule has 0 saturated heterocycles. The Balaban J connectivity index is 1.45. The molecule has 1 fully saturated rings. The van der Waals surface area contributed by atoms with E-state index >= 15 is 0 Å². The molecule has 1 unspecified atom stereocenters. The van der Waals surface area contributed by atoms with Crippen LogP contribution in [0.4, 0.5) is 10.1 Å². The molecule has 2 aromatic carbocycles. The standard InChI is InChI=1S/C21H23ClFNO2/c1-13-5-6-15(11-18(13)23)24-14-7-9-21(10-8-14)12-19(25)16-3-2-4-17(22)20(16)26-21/h2-6,11,14,19,24-25H,7-10,12H2,1H3. The van der Waals surface area contributed by atoms with E-state index in [1.165, 1.54) is 0 Å². The van der Waals surface area contributed by atoms with E-state index in [-0.39, 0.29) is 17.5 Å². The van der Waals surface area contributed by atoms with E-state index in [4.69, 9.17) is 16.3 Å². The van der Waals surface area contributed by atoms with Gasteiger partial charge in [0.25, 0.3) is 0 Å². The molecule has 0 bridgehead atoms. The summed E-state index contributed by atoms with van der Waals surface area (Å²) in [7, 11) is 0. The number of ether oxygens (including phenoxy) is 1. The molecule has 2 N–H and O–H groups in total. The molecule has 1 atom stereocenters. The van der Waals surface area contributed by atoms with Crippen molar-refractivity contribution in [3.05, 3.63) is 58.4 Å². The van der Waals surface area contributed by atoms with E-state index in [2.05, 4.69) is 5.32 Å². The van der Waals surface area contributed by atoms with Gasteiger partial charge in [0, 0.05) is 23.7 Å². The van der Waals surface area contributed by atoms with Gasteiger partial charge in [0.1, 0.15) is 17.2 Å². The lowest BCUT2D eigenvalue weighted by atomic mass is 9.76. The number of aliphatic hydroxyl groups is 1. The minimum atomic E-state index is -0.548. The first kappa shape index (κ1) is 17.6. The van der Waals surface area contributed by atoms with Crippen LogP contribution >= 0.6 is 11.6 Å². The summed E-state index contributed by atoms with van der Waals surface area (Å²) < 4.78 is 20.1. The van der Waals surface area contributed by atoms with E-state index in [9.17, 15) is 9.50 Å². The van der Waals surface area contributed by atoms with Crippen molar-refractivity contribution in [1.29, 1.82) is 0 Å². The Bertz CT molecular complexity index is 818. The van der Waals surface area contributed by atoms with Gasteiger partial charge in [-0.2, -0.15) is 0 Å². The maximum absolute atomic E-state index is 13.7. The van der Waals surface area contributed by atoms with Gasteiger partial charge in [-0.15, -0.1) is 0 Å². The van der Waals surface area contributed by atoms with Crippen molar-refractivity contribution < 1.29 is 14.2 Å². The third kappa shape index (κ3) is 3.28. The lowest BCUT2D eigenvalue weighted by Crippen LogP contribution is -2.46. The van der Waals surface area contributed by atoms with Gasteiger partial charge < -0.3 is 15.2 Å². The SMILES string of the molecule is Cc1ccc(NC2CCC3(CC2)CC(O)c2cccc(Cl)c2O3)cc1F. The zero-order valence-electron chi connectivity index (χ0n) is 14.8. The van der Waals surface area contributed by atoms with Crippen LogP contribution in [-0.2, 0) is 0 Å². The second-order valence-electron chi connectivity index (χ2n) is 7.55. The average molecular weight is 376 g/mol. The van der Waals surface area contributed by atoms with Crippen molar-refractivity contribution in [2.24, 2.45) is 0 Å². The van der Waals surface area contributed by atoms with Gasteiger partial charge >= 0.3 is 0 Å². The first-order chi connectivity index (χ1) is 12.5. The van der Waals surface area contributed by atoms with Crippen LogP contribution in [0.1, 0.15) is 49.3 Å². The molecule has 0 radical (unpaired) electrons. The van der Waals surface area contributed by atoms with Crippen LogP contribution in [0.25, 0.3) is 0 Å². The average Bonchev–Trinajstić information content (AvgIpc) is 2.62. The van der Waals surface area contributed by atoms with Crippen molar-refractivity contribution >= 4 is 17.3 Å². The molecule has 0 amide bonds. The Labute approximate surface area is 158 Å². The van der Waals surface area contributed by atoms with Crippen molar-refractivity contribution in [1.82, 2.24) is 0 Å². The number of hydrogen-bond donors (Lipinski definition) is 2. The molecular formula is C21H23ClFNO2. The summed E-state index contributed by atoms with van der Waals surface area (Å²) in [5, 5.41) is 14.5. The highest BCUT2D eigenvalue weighted by Gasteiger charge is 2.43. The number of aryl methyl sites for hydroxylation is 1. The first-order valence-electron chi connectivity index (χ1n) is 9.14. The normalized spacial score (nSPS) is 27.7. The minimum absolute atomic E-state index is 0.188. The summed E-state index contributed by atoms with van der Waals surface area (Å²) in [4.78, 5) is 0. The molecule has 5 heteroatoms. The second kappa shape index (κ2) is 6.75. The fraction of sp³-hybridized carbons (Fsp3) is 0.429. The fourth-order valence-corrected chi connectivity index (χ4v) is 4.35. The number of rotatable bonds is 2. The Morgan fingerprint density at radius 3 is 2.73 bits per heavy atom. The Kier molecular flexibility index (Phi) is 4.57. The fourth-order valence-electron chi connectivity index (χ4n) is 4.13. The van der Waals surface area contributed by atoms with Crippen LogP contribution < -0.4 is 10.1 Å². The lowest BCUT2D eigenvalue weighted by molar-refractivity contribution is -0.0397. The predicted molar refractivity (Wildman–Crippen MR) is 101 cm³/mol. The number of nitrogens with one attached hydrogen (secondary N) is 1. The number of anilines is 1. The van der Waals surface area contributed by atoms with Crippen LogP contribution in [0.2, 0.25) is 5.02 Å². The van der Waals surface area contributed by atoms with E-state index < -0.39 is 6.10 Å². The Morgan fingerprint density at radius 1 is 1.23 bits per heavy atom. The van der Waals surface area contributed by atoms with Crippen LogP contribution in [0, 0.1) is 12.7 Å². The molecule has 3 nitrogen and oxygen atoms in total. The highest BCUT2D eigenvalue weighted by Crippen LogP contribution is 2.48. The summed E-state index contributed by atoms with van der Waals surface area (Å²) in [6.45, 7) is 1.76. The number of halogens is 2. The largest absolute Gasteiger partial charge is 0.485 e. The predicted octanol–water partition coefficient (Wildman–Crippen LogP) is 5.40. The summed E-state index contributed by atoms with van der Waals surface area (Å²) >= 11 is 6.29. The third-order valence-electron chi connectivity index (χ3n) is 5.68. The highest BCUT2D eigenvalue weighted by molar-refractivity contribution is 6.32. The molecule has 26 heavy (non-hydrogen) atoms. The maximum Gasteiger partial charge on any atom is 0.144 e. The summed E-state index contributed by atoms with van der Waals surface area (Å²) in [6, 6.07) is 11.0. The van der Waals surface area contributed by atoms with E-state index in [0.29, 0.717) is 22.8 Å². The van der Waals surface area contributed by atoms with Crippen molar-refractivity contribution in [2.45, 2.75) is 56.8 Å². The van der Waals surface area contributed by atoms with Crippen LogP contribution in [0.3, 0.4) is 0 Å². The molecule has 2 aromatic rings. The highest BCUT2D eigenvalue weighted by atomic mass is 35.5. The Morgan fingerprint density at radius 2 is 2.00 bits per heavy atom. The second-order valence-corrected chi connectivity index (χ2v) is 7.95. The molecular weight excluding hydrogens is 353 g/mol. The number of hydrogen-bond acceptors (Lipinski definition) is 3. The van der Waals surface area contributed by atoms with Gasteiger partial charge in [0.05, 0.1) is 11.1 Å². The number of benzene rings is 2. The lowest BCUT2D eigenvalue weighted by Gasteiger charge is -2.45. The van der Waals surface area contributed by atoms with Crippen molar-refractivity contribution in [3.8, 4) is 5.75 Å². The maximum atomic E-state index is 13.7. The molecule has 1 saturated carbocycles.